The molecule has 10 heteroatoms. The highest BCUT2D eigenvalue weighted by Gasteiger charge is 2.40. The second kappa shape index (κ2) is 7.54. The molecule has 0 radical (unpaired) electrons. The number of rotatable bonds is 4. The van der Waals surface area contributed by atoms with Crippen LogP contribution in [0.5, 0.6) is 0 Å². The fourth-order valence-electron chi connectivity index (χ4n) is 2.12. The van der Waals surface area contributed by atoms with Crippen molar-refractivity contribution in [3.8, 4) is 11.3 Å². The van der Waals surface area contributed by atoms with Gasteiger partial charge in [-0.2, -0.15) is 13.2 Å². The first-order chi connectivity index (χ1) is 12.2. The number of hydrogen-bond donors (Lipinski definition) is 0. The number of imide groups is 1. The third-order valence-electron chi connectivity index (χ3n) is 3.34. The Kier molecular flexibility index (Phi) is 5.63. The molecule has 0 bridgehead atoms. The van der Waals surface area contributed by atoms with Crippen LogP contribution in [0.2, 0.25) is 0 Å². The van der Waals surface area contributed by atoms with Gasteiger partial charge in [-0.15, -0.1) is 0 Å². The number of alkyl halides is 3. The summed E-state index contributed by atoms with van der Waals surface area (Å²) in [6, 6.07) is 0.947. The zero-order chi connectivity index (χ0) is 19.5. The summed E-state index contributed by atoms with van der Waals surface area (Å²) in [7, 11) is 0. The lowest BCUT2D eigenvalue weighted by Crippen LogP contribution is -2.38. The Labute approximate surface area is 145 Å². The number of hydrogen-bond acceptors (Lipinski definition) is 5. The van der Waals surface area contributed by atoms with Gasteiger partial charge in [0.15, 0.2) is 11.5 Å². The van der Waals surface area contributed by atoms with Crippen molar-refractivity contribution in [2.24, 2.45) is 0 Å². The molecule has 2 aromatic rings. The molecule has 0 spiro atoms. The van der Waals surface area contributed by atoms with Crippen molar-refractivity contribution < 1.29 is 27.2 Å². The zero-order valence-corrected chi connectivity index (χ0v) is 13.8. The van der Waals surface area contributed by atoms with E-state index in [0.29, 0.717) is 4.90 Å². The molecule has 138 valence electrons. The number of nitrogens with zero attached hydrogens (tertiary/aromatic N) is 4. The lowest BCUT2D eigenvalue weighted by molar-refractivity contribution is -0.141. The van der Waals surface area contributed by atoms with E-state index in [1.165, 1.54) is 13.8 Å². The zero-order valence-electron chi connectivity index (χ0n) is 13.8. The molecule has 0 saturated carbocycles. The molecule has 2 amide bonds. The van der Waals surface area contributed by atoms with Gasteiger partial charge in [0.25, 0.3) is 0 Å². The molecule has 2 aromatic heterocycles. The van der Waals surface area contributed by atoms with Crippen molar-refractivity contribution >= 4 is 17.6 Å². The van der Waals surface area contributed by atoms with Crippen LogP contribution in [-0.2, 0) is 15.8 Å². The van der Waals surface area contributed by atoms with Gasteiger partial charge < -0.3 is 0 Å². The molecule has 0 atom stereocenters. The molecule has 26 heavy (non-hydrogen) atoms. The van der Waals surface area contributed by atoms with Crippen LogP contribution in [0.25, 0.3) is 11.3 Å². The van der Waals surface area contributed by atoms with Crippen LogP contribution in [0.3, 0.4) is 0 Å². The van der Waals surface area contributed by atoms with Crippen LogP contribution in [0.1, 0.15) is 32.4 Å². The fraction of sp³-hybridized carbons (Fsp3) is 0.312. The molecule has 0 saturated heterocycles. The van der Waals surface area contributed by atoms with Crippen LogP contribution in [-0.4, -0.2) is 26.8 Å². The SMILES string of the molecule is CCC(=O)N(C(=O)CC)c1ncc(-c2cncc(F)c2)nc1C(F)(F)F. The van der Waals surface area contributed by atoms with E-state index in [9.17, 15) is 27.2 Å². The molecule has 0 aliphatic rings. The van der Waals surface area contributed by atoms with Gasteiger partial charge in [0.1, 0.15) is 5.82 Å². The predicted molar refractivity (Wildman–Crippen MR) is 83.3 cm³/mol. The summed E-state index contributed by atoms with van der Waals surface area (Å²) in [5.41, 5.74) is -1.83. The highest BCUT2D eigenvalue weighted by Crippen LogP contribution is 2.35. The fourth-order valence-corrected chi connectivity index (χ4v) is 2.12. The minimum atomic E-state index is -4.99. The topological polar surface area (TPSA) is 76.1 Å². The third kappa shape index (κ3) is 4.01. The van der Waals surface area contributed by atoms with Crippen molar-refractivity contribution in [2.45, 2.75) is 32.9 Å². The summed E-state index contributed by atoms with van der Waals surface area (Å²) >= 11 is 0. The van der Waals surface area contributed by atoms with Crippen molar-refractivity contribution in [3.63, 3.8) is 0 Å². The van der Waals surface area contributed by atoms with E-state index in [0.717, 1.165) is 24.7 Å². The first-order valence-electron chi connectivity index (χ1n) is 7.60. The largest absolute Gasteiger partial charge is 0.437 e. The normalized spacial score (nSPS) is 11.3. The van der Waals surface area contributed by atoms with Gasteiger partial charge >= 0.3 is 6.18 Å². The monoisotopic (exact) mass is 370 g/mol. The molecule has 0 unspecified atom stereocenters. The van der Waals surface area contributed by atoms with Crippen LogP contribution in [0.4, 0.5) is 23.4 Å². The molecule has 0 N–H and O–H groups in total. The Morgan fingerprint density at radius 3 is 2.19 bits per heavy atom. The van der Waals surface area contributed by atoms with Crippen molar-refractivity contribution in [1.29, 1.82) is 0 Å². The lowest BCUT2D eigenvalue weighted by atomic mass is 10.2. The van der Waals surface area contributed by atoms with Gasteiger partial charge in [-0.1, -0.05) is 13.8 Å². The van der Waals surface area contributed by atoms with E-state index in [2.05, 4.69) is 15.0 Å². The molecule has 6 nitrogen and oxygen atoms in total. The van der Waals surface area contributed by atoms with Gasteiger partial charge in [-0.05, 0) is 6.07 Å². The number of carbonyl (C=O) groups excluding carboxylic acids is 2. The number of halogens is 4. The molecule has 0 aromatic carbocycles. The van der Waals surface area contributed by atoms with E-state index in [1.807, 2.05) is 0 Å². The van der Waals surface area contributed by atoms with Gasteiger partial charge in [0, 0.05) is 24.6 Å². The molecular weight excluding hydrogens is 356 g/mol. The Hall–Kier alpha value is -2.91. The second-order valence-electron chi connectivity index (χ2n) is 5.15. The number of aromatic nitrogens is 3. The Morgan fingerprint density at radius 2 is 1.69 bits per heavy atom. The third-order valence-corrected chi connectivity index (χ3v) is 3.34. The minimum absolute atomic E-state index is 0.0234. The lowest BCUT2D eigenvalue weighted by Gasteiger charge is -2.22. The smallest absolute Gasteiger partial charge is 0.274 e. The van der Waals surface area contributed by atoms with Crippen molar-refractivity contribution in [1.82, 2.24) is 15.0 Å². The van der Waals surface area contributed by atoms with Crippen molar-refractivity contribution in [2.75, 3.05) is 4.90 Å². The summed E-state index contributed by atoms with van der Waals surface area (Å²) in [6.07, 6.45) is -2.43. The predicted octanol–water partition coefficient (Wildman–Crippen LogP) is 3.38. The Balaban J connectivity index is 2.67. The maximum atomic E-state index is 13.5. The van der Waals surface area contributed by atoms with E-state index in [-0.39, 0.29) is 24.1 Å². The van der Waals surface area contributed by atoms with Gasteiger partial charge in [0.2, 0.25) is 11.8 Å². The van der Waals surface area contributed by atoms with Gasteiger partial charge in [-0.25, -0.2) is 19.3 Å². The van der Waals surface area contributed by atoms with E-state index in [4.69, 9.17) is 0 Å². The first kappa shape index (κ1) is 19.4. The van der Waals surface area contributed by atoms with E-state index in [1.54, 1.807) is 0 Å². The molecule has 0 aliphatic heterocycles. The van der Waals surface area contributed by atoms with Crippen molar-refractivity contribution in [3.05, 3.63) is 36.2 Å². The summed E-state index contributed by atoms with van der Waals surface area (Å²) in [6.45, 7) is 2.82. The maximum Gasteiger partial charge on any atom is 0.437 e. The molecule has 2 rings (SSSR count). The summed E-state index contributed by atoms with van der Waals surface area (Å²) in [5.74, 6) is -3.33. The minimum Gasteiger partial charge on any atom is -0.274 e. The van der Waals surface area contributed by atoms with Gasteiger partial charge in [-0.3, -0.25) is 14.6 Å². The van der Waals surface area contributed by atoms with Crippen LogP contribution in [0, 0.1) is 5.82 Å². The van der Waals surface area contributed by atoms with Gasteiger partial charge in [0.05, 0.1) is 18.1 Å². The van der Waals surface area contributed by atoms with Crippen LogP contribution >= 0.6 is 0 Å². The maximum absolute atomic E-state index is 13.5. The van der Waals surface area contributed by atoms with Crippen LogP contribution < -0.4 is 4.90 Å². The van der Waals surface area contributed by atoms with Crippen LogP contribution in [0.15, 0.2) is 24.7 Å². The van der Waals surface area contributed by atoms with E-state index < -0.39 is 35.3 Å². The number of carbonyl (C=O) groups is 2. The number of anilines is 1. The number of amides is 2. The first-order valence-corrected chi connectivity index (χ1v) is 7.60. The molecule has 0 fully saturated rings. The number of pyridine rings is 1. The second-order valence-corrected chi connectivity index (χ2v) is 5.15. The Morgan fingerprint density at radius 1 is 1.08 bits per heavy atom. The standard InChI is InChI=1S/C16H14F4N4O2/c1-3-12(25)24(13(26)4-2)15-14(16(18,19)20)23-11(8-22-15)9-5-10(17)7-21-6-9/h5-8H,3-4H2,1-2H3. The highest BCUT2D eigenvalue weighted by atomic mass is 19.4. The molecule has 0 aliphatic carbocycles. The average molecular weight is 370 g/mol. The summed E-state index contributed by atoms with van der Waals surface area (Å²) < 4.78 is 53.7. The average Bonchev–Trinajstić information content (AvgIpc) is 2.60. The Bertz CT molecular complexity index is 823. The van der Waals surface area contributed by atoms with E-state index >= 15 is 0 Å². The molecule has 2 heterocycles. The summed E-state index contributed by atoms with van der Waals surface area (Å²) in [5, 5.41) is 0. The highest BCUT2D eigenvalue weighted by molar-refractivity contribution is 6.14. The molecular formula is C16H14F4N4O2. The quantitative estimate of drug-likeness (QED) is 0.772. The summed E-state index contributed by atoms with van der Waals surface area (Å²) in [4.78, 5) is 35.0.